The molecule has 0 amide bonds. The summed E-state index contributed by atoms with van der Waals surface area (Å²) < 4.78 is 5.41. The number of ether oxygens (including phenoxy) is 1. The second-order valence-electron chi connectivity index (χ2n) is 10.7. The van der Waals surface area contributed by atoms with E-state index in [1.165, 1.54) is 69.8 Å². The lowest BCUT2D eigenvalue weighted by molar-refractivity contribution is -0.134. The maximum absolute atomic E-state index is 11.7. The van der Waals surface area contributed by atoms with E-state index in [2.05, 4.69) is 32.9 Å². The minimum atomic E-state index is -0.130. The van der Waals surface area contributed by atoms with E-state index in [-0.39, 0.29) is 5.97 Å². The van der Waals surface area contributed by atoms with E-state index >= 15 is 0 Å². The highest BCUT2D eigenvalue weighted by Gasteiger charge is 2.33. The Bertz CT molecular complexity index is 648. The van der Waals surface area contributed by atoms with Crippen LogP contribution in [0, 0.1) is 29.6 Å². The monoisotopic (exact) mass is 426 g/mol. The van der Waals surface area contributed by atoms with Gasteiger partial charge in [0.2, 0.25) is 0 Å². The van der Waals surface area contributed by atoms with Crippen molar-refractivity contribution in [2.24, 2.45) is 29.6 Å². The molecule has 2 saturated carbocycles. The molecule has 2 atom stereocenters. The summed E-state index contributed by atoms with van der Waals surface area (Å²) in [6, 6.07) is 8.29. The molecule has 2 unspecified atom stereocenters. The molecule has 0 aliphatic heterocycles. The fraction of sp³-hybridized carbons (Fsp3) is 0.759. The van der Waals surface area contributed by atoms with Crippen LogP contribution in [0.25, 0.3) is 0 Å². The first-order valence-electron chi connectivity index (χ1n) is 13.3. The van der Waals surface area contributed by atoms with Crippen LogP contribution < -0.4 is 4.74 Å². The normalized spacial score (nSPS) is 28.6. The van der Waals surface area contributed by atoms with Crippen molar-refractivity contribution in [2.45, 2.75) is 111 Å². The summed E-state index contributed by atoms with van der Waals surface area (Å²) in [6.45, 7) is 9.30. The molecular formula is C29H46O2. The van der Waals surface area contributed by atoms with Crippen LogP contribution in [-0.2, 0) is 4.79 Å². The highest BCUT2D eigenvalue weighted by Crippen LogP contribution is 2.45. The minimum Gasteiger partial charge on any atom is -0.427 e. The Kier molecular flexibility index (Phi) is 9.48. The molecule has 2 aliphatic rings. The molecule has 2 aliphatic carbocycles. The lowest BCUT2D eigenvalue weighted by atomic mass is 9.65. The van der Waals surface area contributed by atoms with Crippen LogP contribution in [0.4, 0.5) is 0 Å². The molecule has 174 valence electrons. The molecule has 2 heteroatoms. The van der Waals surface area contributed by atoms with Crippen molar-refractivity contribution in [2.75, 3.05) is 0 Å². The molecule has 0 spiro atoms. The molecule has 0 radical (unpaired) electrons. The second kappa shape index (κ2) is 12.1. The first-order chi connectivity index (χ1) is 15.0. The summed E-state index contributed by atoms with van der Waals surface area (Å²) in [5.41, 5.74) is 1.39. The van der Waals surface area contributed by atoms with E-state index < -0.39 is 0 Å². The van der Waals surface area contributed by atoms with Gasteiger partial charge in [-0.05, 0) is 98.1 Å². The molecule has 0 aromatic heterocycles. The van der Waals surface area contributed by atoms with E-state index in [4.69, 9.17) is 4.74 Å². The molecule has 0 bridgehead atoms. The first-order valence-corrected chi connectivity index (χ1v) is 13.3. The highest BCUT2D eigenvalue weighted by atomic mass is 16.5. The number of esters is 1. The Hall–Kier alpha value is -1.31. The maximum atomic E-state index is 11.7. The van der Waals surface area contributed by atoms with Gasteiger partial charge in [-0.25, -0.2) is 0 Å². The zero-order valence-corrected chi connectivity index (χ0v) is 20.6. The molecule has 0 heterocycles. The van der Waals surface area contributed by atoms with Gasteiger partial charge in [-0.2, -0.15) is 0 Å². The van der Waals surface area contributed by atoms with Crippen molar-refractivity contribution in [3.05, 3.63) is 29.8 Å². The number of hydrogen-bond donors (Lipinski definition) is 0. The molecule has 2 fully saturated rings. The van der Waals surface area contributed by atoms with Crippen LogP contribution >= 0.6 is 0 Å². The number of benzene rings is 1. The Labute approximate surface area is 191 Å². The van der Waals surface area contributed by atoms with E-state index in [0.717, 1.165) is 36.0 Å². The van der Waals surface area contributed by atoms with Crippen molar-refractivity contribution in [3.63, 3.8) is 0 Å². The fourth-order valence-electron chi connectivity index (χ4n) is 6.46. The Morgan fingerprint density at radius 1 is 0.839 bits per heavy atom. The van der Waals surface area contributed by atoms with Gasteiger partial charge in [-0.1, -0.05) is 65.5 Å². The maximum Gasteiger partial charge on any atom is 0.311 e. The zero-order valence-electron chi connectivity index (χ0n) is 20.6. The average Bonchev–Trinajstić information content (AvgIpc) is 2.80. The van der Waals surface area contributed by atoms with Gasteiger partial charge in [-0.3, -0.25) is 4.79 Å². The minimum absolute atomic E-state index is 0.130. The number of hydrogen-bond acceptors (Lipinski definition) is 2. The van der Waals surface area contributed by atoms with Gasteiger partial charge in [0.05, 0.1) is 0 Å². The number of rotatable bonds is 9. The van der Waals surface area contributed by atoms with Gasteiger partial charge in [0.1, 0.15) is 5.75 Å². The molecule has 0 N–H and O–H groups in total. The third kappa shape index (κ3) is 6.83. The summed E-state index contributed by atoms with van der Waals surface area (Å²) in [4.78, 5) is 11.7. The summed E-state index contributed by atoms with van der Waals surface area (Å²) in [5, 5.41) is 0. The lowest BCUT2D eigenvalue weighted by Gasteiger charge is -2.40. The molecule has 1 aromatic carbocycles. The molecule has 0 saturated heterocycles. The Morgan fingerprint density at radius 2 is 1.39 bits per heavy atom. The topological polar surface area (TPSA) is 26.3 Å². The van der Waals surface area contributed by atoms with Gasteiger partial charge in [0, 0.05) is 6.42 Å². The summed E-state index contributed by atoms with van der Waals surface area (Å²) in [5.74, 6) is 5.78. The number of carbonyl (C=O) groups is 1. The SMILES string of the molecule is CCCC(=O)Oc1ccc(C(C)C2CCC(C(C)C3CCC(CCC)CC3)CC2)cc1. The predicted molar refractivity (Wildman–Crippen MR) is 130 cm³/mol. The molecule has 31 heavy (non-hydrogen) atoms. The smallest absolute Gasteiger partial charge is 0.311 e. The van der Waals surface area contributed by atoms with Crippen molar-refractivity contribution in [1.29, 1.82) is 0 Å². The van der Waals surface area contributed by atoms with Gasteiger partial charge in [-0.15, -0.1) is 0 Å². The van der Waals surface area contributed by atoms with Crippen molar-refractivity contribution >= 4 is 5.97 Å². The van der Waals surface area contributed by atoms with E-state index in [1.54, 1.807) is 0 Å². The summed E-state index contributed by atoms with van der Waals surface area (Å²) in [6.07, 6.45) is 15.6. The van der Waals surface area contributed by atoms with E-state index in [0.29, 0.717) is 18.1 Å². The molecule has 3 rings (SSSR count). The third-order valence-corrected chi connectivity index (χ3v) is 8.69. The quantitative estimate of drug-likeness (QED) is 0.292. The van der Waals surface area contributed by atoms with Crippen molar-refractivity contribution in [1.82, 2.24) is 0 Å². The van der Waals surface area contributed by atoms with E-state index in [9.17, 15) is 4.79 Å². The molecular weight excluding hydrogens is 380 g/mol. The van der Waals surface area contributed by atoms with Crippen LogP contribution in [0.2, 0.25) is 0 Å². The highest BCUT2D eigenvalue weighted by molar-refractivity contribution is 5.72. The largest absolute Gasteiger partial charge is 0.427 e. The van der Waals surface area contributed by atoms with Gasteiger partial charge in [0.15, 0.2) is 0 Å². The zero-order chi connectivity index (χ0) is 22.2. The predicted octanol–water partition coefficient (Wildman–Crippen LogP) is 8.54. The third-order valence-electron chi connectivity index (χ3n) is 8.69. The first kappa shape index (κ1) is 24.3. The average molecular weight is 427 g/mol. The number of carbonyl (C=O) groups excluding carboxylic acids is 1. The van der Waals surface area contributed by atoms with Crippen LogP contribution in [0.3, 0.4) is 0 Å². The van der Waals surface area contributed by atoms with Gasteiger partial charge >= 0.3 is 5.97 Å². The van der Waals surface area contributed by atoms with Gasteiger partial charge in [0.25, 0.3) is 0 Å². The van der Waals surface area contributed by atoms with Crippen LogP contribution in [-0.4, -0.2) is 5.97 Å². The lowest BCUT2D eigenvalue weighted by Crippen LogP contribution is -2.29. The summed E-state index contributed by atoms with van der Waals surface area (Å²) >= 11 is 0. The standard InChI is InChI=1S/C29H46O2/c1-5-7-23-9-11-24(12-10-23)21(3)25-13-15-26(16-14-25)22(4)27-17-19-28(20-18-27)31-29(30)8-6-2/h17-26H,5-16H2,1-4H3. The summed E-state index contributed by atoms with van der Waals surface area (Å²) in [7, 11) is 0. The molecule has 2 nitrogen and oxygen atoms in total. The Morgan fingerprint density at radius 3 is 1.94 bits per heavy atom. The van der Waals surface area contributed by atoms with E-state index in [1.807, 2.05) is 19.1 Å². The van der Waals surface area contributed by atoms with Crippen LogP contribution in [0.5, 0.6) is 5.75 Å². The van der Waals surface area contributed by atoms with Crippen LogP contribution in [0.15, 0.2) is 24.3 Å². The molecule has 1 aromatic rings. The van der Waals surface area contributed by atoms with Crippen molar-refractivity contribution in [3.8, 4) is 5.75 Å². The second-order valence-corrected chi connectivity index (χ2v) is 10.7. The van der Waals surface area contributed by atoms with Crippen LogP contribution in [0.1, 0.15) is 116 Å². The Balaban J connectivity index is 1.45. The fourth-order valence-corrected chi connectivity index (χ4v) is 6.46. The van der Waals surface area contributed by atoms with Gasteiger partial charge < -0.3 is 4.74 Å². The van der Waals surface area contributed by atoms with Crippen molar-refractivity contribution < 1.29 is 9.53 Å².